The first-order valence-electron chi connectivity index (χ1n) is 5.24. The Balaban J connectivity index is 2.03. The van der Waals surface area contributed by atoms with Gasteiger partial charge in [-0.05, 0) is 46.3 Å². The van der Waals surface area contributed by atoms with Gasteiger partial charge >= 0.3 is 0 Å². The van der Waals surface area contributed by atoms with Gasteiger partial charge < -0.3 is 9.73 Å². The minimum absolute atomic E-state index is 0.0864. The van der Waals surface area contributed by atoms with Crippen molar-refractivity contribution in [1.29, 1.82) is 0 Å². The summed E-state index contributed by atoms with van der Waals surface area (Å²) in [7, 11) is 0. The Hall–Kier alpha value is -1.95. The number of rotatable bonds is 3. The Labute approximate surface area is 116 Å². The van der Waals surface area contributed by atoms with Crippen molar-refractivity contribution in [3.05, 3.63) is 58.5 Å². The van der Waals surface area contributed by atoms with Crippen LogP contribution in [0.5, 0.6) is 0 Å². The minimum atomic E-state index is -0.831. The minimum Gasteiger partial charge on any atom is -0.450 e. The molecule has 0 spiro atoms. The largest absolute Gasteiger partial charge is 0.450 e. The van der Waals surface area contributed by atoms with E-state index in [4.69, 9.17) is 4.42 Å². The molecule has 1 aromatic carbocycles. The highest BCUT2D eigenvalue weighted by molar-refractivity contribution is 9.10. The number of anilines is 1. The fourth-order valence-electron chi connectivity index (χ4n) is 1.34. The molecule has 6 heteroatoms. The van der Waals surface area contributed by atoms with Crippen molar-refractivity contribution >= 4 is 33.6 Å². The summed E-state index contributed by atoms with van der Waals surface area (Å²) in [6.07, 6.45) is 2.62. The number of carbonyl (C=O) groups excluding carboxylic acids is 1. The predicted molar refractivity (Wildman–Crippen MR) is 70.4 cm³/mol. The van der Waals surface area contributed by atoms with Crippen molar-refractivity contribution in [3.63, 3.8) is 0 Å². The summed E-state index contributed by atoms with van der Waals surface area (Å²) >= 11 is 3.12. The first-order valence-corrected chi connectivity index (χ1v) is 6.03. The molecule has 1 amide bonds. The summed E-state index contributed by atoms with van der Waals surface area (Å²) in [4.78, 5) is 11.5. The van der Waals surface area contributed by atoms with E-state index in [1.807, 2.05) is 0 Å². The van der Waals surface area contributed by atoms with Crippen LogP contribution < -0.4 is 5.32 Å². The van der Waals surface area contributed by atoms with E-state index in [1.165, 1.54) is 12.2 Å². The van der Waals surface area contributed by atoms with Gasteiger partial charge in [0.1, 0.15) is 17.4 Å². The zero-order valence-electron chi connectivity index (χ0n) is 9.49. The number of carbonyl (C=O) groups is 1. The van der Waals surface area contributed by atoms with E-state index in [9.17, 15) is 13.6 Å². The van der Waals surface area contributed by atoms with Gasteiger partial charge in [-0.3, -0.25) is 4.79 Å². The maximum Gasteiger partial charge on any atom is 0.248 e. The van der Waals surface area contributed by atoms with Crippen molar-refractivity contribution in [2.24, 2.45) is 0 Å². The van der Waals surface area contributed by atoms with Crippen LogP contribution in [0, 0.1) is 11.6 Å². The maximum absolute atomic E-state index is 13.3. The van der Waals surface area contributed by atoms with Crippen LogP contribution in [-0.4, -0.2) is 5.91 Å². The molecule has 0 saturated carbocycles. The monoisotopic (exact) mass is 327 g/mol. The fourth-order valence-corrected chi connectivity index (χ4v) is 1.66. The van der Waals surface area contributed by atoms with Gasteiger partial charge in [-0.1, -0.05) is 0 Å². The number of amides is 1. The molecule has 0 aliphatic carbocycles. The molecule has 0 saturated heterocycles. The molecule has 0 aliphatic rings. The molecule has 1 aromatic heterocycles. The van der Waals surface area contributed by atoms with Gasteiger partial charge in [-0.25, -0.2) is 8.78 Å². The Morgan fingerprint density at radius 1 is 1.26 bits per heavy atom. The van der Waals surface area contributed by atoms with E-state index in [-0.39, 0.29) is 5.69 Å². The van der Waals surface area contributed by atoms with Crippen LogP contribution in [0.15, 0.2) is 45.5 Å². The lowest BCUT2D eigenvalue weighted by molar-refractivity contribution is -0.111. The molecule has 2 aromatic rings. The molecular formula is C13H8BrF2NO2. The lowest BCUT2D eigenvalue weighted by atomic mass is 10.3. The second kappa shape index (κ2) is 5.79. The number of halogens is 3. The Bertz CT molecular complexity index is 637. The molecule has 0 fully saturated rings. The number of furan rings is 1. The second-order valence-corrected chi connectivity index (χ2v) is 4.37. The lowest BCUT2D eigenvalue weighted by Gasteiger charge is -2.03. The van der Waals surface area contributed by atoms with Crippen LogP contribution in [0.1, 0.15) is 5.76 Å². The third-order valence-corrected chi connectivity index (χ3v) is 2.61. The second-order valence-electron chi connectivity index (χ2n) is 3.59. The standard InChI is InChI=1S/C13H8BrF2NO2/c14-12-5-2-9(19-12)3-6-13(18)17-11-4-1-8(15)7-10(11)16/h1-7H,(H,17,18). The molecule has 0 unspecified atom stereocenters. The first-order chi connectivity index (χ1) is 9.04. The molecule has 0 radical (unpaired) electrons. The Kier molecular flexibility index (Phi) is 4.11. The van der Waals surface area contributed by atoms with E-state index >= 15 is 0 Å². The summed E-state index contributed by atoms with van der Waals surface area (Å²) in [5.74, 6) is -1.60. The third-order valence-electron chi connectivity index (χ3n) is 2.18. The Morgan fingerprint density at radius 3 is 2.68 bits per heavy atom. The van der Waals surface area contributed by atoms with E-state index < -0.39 is 17.5 Å². The third kappa shape index (κ3) is 3.75. The van der Waals surface area contributed by atoms with E-state index in [1.54, 1.807) is 12.1 Å². The highest BCUT2D eigenvalue weighted by Gasteiger charge is 2.06. The van der Waals surface area contributed by atoms with Crippen molar-refractivity contribution in [1.82, 2.24) is 0 Å². The topological polar surface area (TPSA) is 42.2 Å². The Morgan fingerprint density at radius 2 is 2.05 bits per heavy atom. The average Bonchev–Trinajstić information content (AvgIpc) is 2.76. The fraction of sp³-hybridized carbons (Fsp3) is 0. The van der Waals surface area contributed by atoms with Crippen molar-refractivity contribution in [2.75, 3.05) is 5.32 Å². The molecule has 98 valence electrons. The quantitative estimate of drug-likeness (QED) is 0.866. The summed E-state index contributed by atoms with van der Waals surface area (Å²) in [6.45, 7) is 0. The number of nitrogens with one attached hydrogen (secondary N) is 1. The van der Waals surface area contributed by atoms with Crippen molar-refractivity contribution < 1.29 is 18.0 Å². The van der Waals surface area contributed by atoms with Gasteiger partial charge in [0.15, 0.2) is 4.67 Å². The number of benzene rings is 1. The summed E-state index contributed by atoms with van der Waals surface area (Å²) in [5, 5.41) is 2.29. The van der Waals surface area contributed by atoms with Crippen LogP contribution in [0.3, 0.4) is 0 Å². The first kappa shape index (κ1) is 13.5. The van der Waals surface area contributed by atoms with Crippen LogP contribution >= 0.6 is 15.9 Å². The summed E-state index contributed by atoms with van der Waals surface area (Å²) in [5.41, 5.74) is -0.0864. The predicted octanol–water partition coefficient (Wildman–Crippen LogP) is 3.97. The van der Waals surface area contributed by atoms with E-state index in [2.05, 4.69) is 21.2 Å². The summed E-state index contributed by atoms with van der Waals surface area (Å²) in [6, 6.07) is 6.25. The zero-order valence-corrected chi connectivity index (χ0v) is 11.1. The van der Waals surface area contributed by atoms with Gasteiger partial charge in [-0.15, -0.1) is 0 Å². The van der Waals surface area contributed by atoms with Gasteiger partial charge in [0, 0.05) is 12.1 Å². The van der Waals surface area contributed by atoms with Crippen molar-refractivity contribution in [3.8, 4) is 0 Å². The SMILES string of the molecule is O=C(C=Cc1ccc(Br)o1)Nc1ccc(F)cc1F. The normalized spacial score (nSPS) is 10.9. The summed E-state index contributed by atoms with van der Waals surface area (Å²) < 4.78 is 31.6. The highest BCUT2D eigenvalue weighted by atomic mass is 79.9. The van der Waals surface area contributed by atoms with Crippen LogP contribution in [0.2, 0.25) is 0 Å². The van der Waals surface area contributed by atoms with Crippen LogP contribution in [-0.2, 0) is 4.79 Å². The van der Waals surface area contributed by atoms with E-state index in [0.29, 0.717) is 16.5 Å². The molecule has 2 rings (SSSR count). The number of hydrogen-bond acceptors (Lipinski definition) is 2. The van der Waals surface area contributed by atoms with Gasteiger partial charge in [0.2, 0.25) is 5.91 Å². The van der Waals surface area contributed by atoms with Crippen LogP contribution in [0.4, 0.5) is 14.5 Å². The van der Waals surface area contributed by atoms with Gasteiger partial charge in [0.25, 0.3) is 0 Å². The molecule has 0 atom stereocenters. The smallest absolute Gasteiger partial charge is 0.248 e. The molecule has 0 aliphatic heterocycles. The van der Waals surface area contributed by atoms with Gasteiger partial charge in [-0.2, -0.15) is 0 Å². The molecule has 3 nitrogen and oxygen atoms in total. The van der Waals surface area contributed by atoms with E-state index in [0.717, 1.165) is 12.1 Å². The number of hydrogen-bond donors (Lipinski definition) is 1. The molecular weight excluding hydrogens is 320 g/mol. The average molecular weight is 328 g/mol. The maximum atomic E-state index is 13.3. The molecule has 0 bridgehead atoms. The van der Waals surface area contributed by atoms with Gasteiger partial charge in [0.05, 0.1) is 5.69 Å². The lowest BCUT2D eigenvalue weighted by Crippen LogP contribution is -2.09. The van der Waals surface area contributed by atoms with Crippen LogP contribution in [0.25, 0.3) is 6.08 Å². The zero-order chi connectivity index (χ0) is 13.8. The molecule has 1 heterocycles. The highest BCUT2D eigenvalue weighted by Crippen LogP contribution is 2.16. The van der Waals surface area contributed by atoms with Crippen molar-refractivity contribution in [2.45, 2.75) is 0 Å². The molecule has 1 N–H and O–H groups in total. The molecule has 19 heavy (non-hydrogen) atoms.